The van der Waals surface area contributed by atoms with Gasteiger partial charge in [-0.15, -0.1) is 0 Å². The van der Waals surface area contributed by atoms with Crippen molar-refractivity contribution in [1.29, 1.82) is 0 Å². The number of para-hydroxylation sites is 1. The number of aromatic nitrogens is 1. The molecule has 21 nitrogen and oxygen atoms in total. The Labute approximate surface area is 424 Å². The fourth-order valence-corrected chi connectivity index (χ4v) is 10.1. The van der Waals surface area contributed by atoms with E-state index < -0.39 is 108 Å². The van der Waals surface area contributed by atoms with Crippen LogP contribution in [0.25, 0.3) is 10.9 Å². The maximum absolute atomic E-state index is 14.7. The highest BCUT2D eigenvalue weighted by Gasteiger charge is 2.37. The summed E-state index contributed by atoms with van der Waals surface area (Å²) in [6.45, 7) is 2.60. The third-order valence-electron chi connectivity index (χ3n) is 11.8. The average Bonchev–Trinajstić information content (AvgIpc) is 3.76. The number of aliphatic carboxylic acids is 1. The number of hydrogen-bond acceptors (Lipinski definition) is 14. The number of H-pyrrole nitrogens is 1. The number of carboxylic acid groups (broad SMARTS) is 1. The predicted molar refractivity (Wildman–Crippen MR) is 273 cm³/mol. The monoisotopic (exact) mass is 1030 g/mol. The molecule has 0 aliphatic carbocycles. The molecule has 5 rings (SSSR count). The summed E-state index contributed by atoms with van der Waals surface area (Å²) >= 11 is 0. The zero-order valence-corrected chi connectivity index (χ0v) is 41.5. The van der Waals surface area contributed by atoms with E-state index in [2.05, 4.69) is 42.2 Å². The van der Waals surface area contributed by atoms with Crippen LogP contribution >= 0.6 is 21.6 Å². The first-order valence-corrected chi connectivity index (χ1v) is 26.0. The number of carbonyl (C=O) groups excluding carboxylic acids is 7. The molecule has 0 bridgehead atoms. The number of nitrogens with two attached hydrogens (primary N) is 2. The van der Waals surface area contributed by atoms with E-state index in [1.165, 1.54) is 6.92 Å². The van der Waals surface area contributed by atoms with E-state index in [0.29, 0.717) is 24.0 Å². The molecule has 4 aromatic rings. The van der Waals surface area contributed by atoms with Crippen molar-refractivity contribution in [2.24, 2.45) is 11.5 Å². The highest BCUT2D eigenvalue weighted by molar-refractivity contribution is 8.76. The van der Waals surface area contributed by atoms with Crippen LogP contribution in [0.3, 0.4) is 0 Å². The Hall–Kier alpha value is -6.50. The van der Waals surface area contributed by atoms with E-state index in [4.69, 9.17) is 11.5 Å². The minimum absolute atomic E-state index is 0.000290. The van der Waals surface area contributed by atoms with Gasteiger partial charge in [0.05, 0.1) is 18.2 Å². The van der Waals surface area contributed by atoms with Gasteiger partial charge < -0.3 is 69.0 Å². The Morgan fingerprint density at radius 3 is 1.93 bits per heavy atom. The van der Waals surface area contributed by atoms with Crippen LogP contribution in [0.5, 0.6) is 0 Å². The van der Waals surface area contributed by atoms with E-state index in [1.807, 2.05) is 24.3 Å². The van der Waals surface area contributed by atoms with Crippen molar-refractivity contribution in [1.82, 2.24) is 42.2 Å². The normalized spacial score (nSPS) is 22.6. The molecule has 0 spiro atoms. The van der Waals surface area contributed by atoms with Gasteiger partial charge in [-0.05, 0) is 68.8 Å². The Kier molecular flexibility index (Phi) is 21.9. The molecular weight excluding hydrogens is 969 g/mol. The minimum atomic E-state index is -1.80. The SMILES string of the molecule is C[C@H](O)[C@H]1NC(=O)[C@H](CCCCN)NC(=O)[C@H](Cc2c[nH]c3ccccc23)NC(=O)[C@H](Cc2ccccc2)NC(=O)[C@@H](NC(=O)[C@H](N)Cc2ccccc2)CSSC[C@H](C(=O)N[C@H](C(=O)O)[C@@H](C)O)NC1=O. The maximum atomic E-state index is 14.7. The van der Waals surface area contributed by atoms with Crippen LogP contribution in [0.15, 0.2) is 91.1 Å². The van der Waals surface area contributed by atoms with E-state index >= 15 is 0 Å². The molecule has 23 heteroatoms. The van der Waals surface area contributed by atoms with Gasteiger partial charge in [-0.2, -0.15) is 0 Å². The molecule has 1 fully saturated rings. The number of fused-ring (bicyclic) bond motifs is 1. The van der Waals surface area contributed by atoms with Gasteiger partial charge in [0.15, 0.2) is 6.04 Å². The molecule has 10 atom stereocenters. The van der Waals surface area contributed by atoms with Crippen molar-refractivity contribution in [3.05, 3.63) is 108 Å². The molecule has 0 unspecified atom stereocenters. The number of aliphatic hydroxyl groups is 2. The molecule has 72 heavy (non-hydrogen) atoms. The van der Waals surface area contributed by atoms with Gasteiger partial charge in [-0.25, -0.2) is 4.79 Å². The molecule has 1 aromatic heterocycles. The van der Waals surface area contributed by atoms with Crippen LogP contribution in [0.1, 0.15) is 49.8 Å². The third kappa shape index (κ3) is 16.8. The number of aliphatic hydroxyl groups excluding tert-OH is 2. The number of hydrogen-bond donors (Lipinski definition) is 13. The minimum Gasteiger partial charge on any atom is -0.480 e. The van der Waals surface area contributed by atoms with E-state index in [0.717, 1.165) is 45.0 Å². The molecule has 3 aromatic carbocycles. The molecule has 0 radical (unpaired) electrons. The molecule has 388 valence electrons. The molecule has 1 aliphatic rings. The summed E-state index contributed by atoms with van der Waals surface area (Å²) in [4.78, 5) is 115. The highest BCUT2D eigenvalue weighted by atomic mass is 33.1. The second-order valence-electron chi connectivity index (χ2n) is 17.5. The number of unbranched alkanes of at least 4 members (excludes halogenated alkanes) is 1. The summed E-state index contributed by atoms with van der Waals surface area (Å²) in [5.74, 6) is -8.24. The summed E-state index contributed by atoms with van der Waals surface area (Å²) in [5, 5.41) is 49.7. The van der Waals surface area contributed by atoms with Gasteiger partial charge in [0.1, 0.15) is 36.3 Å². The summed E-state index contributed by atoms with van der Waals surface area (Å²) in [5.41, 5.74) is 14.9. The smallest absolute Gasteiger partial charge is 0.328 e. The van der Waals surface area contributed by atoms with Gasteiger partial charge >= 0.3 is 5.97 Å². The van der Waals surface area contributed by atoms with Gasteiger partial charge in [-0.1, -0.05) is 100 Å². The number of amides is 7. The van der Waals surface area contributed by atoms with E-state index in [1.54, 1.807) is 66.9 Å². The van der Waals surface area contributed by atoms with Crippen LogP contribution < -0.4 is 48.7 Å². The first-order valence-electron chi connectivity index (χ1n) is 23.5. The van der Waals surface area contributed by atoms with Gasteiger partial charge in [0.25, 0.3) is 0 Å². The number of rotatable bonds is 17. The zero-order chi connectivity index (χ0) is 52.3. The summed E-state index contributed by atoms with van der Waals surface area (Å²) < 4.78 is 0. The Bertz CT molecular complexity index is 2480. The van der Waals surface area contributed by atoms with Crippen molar-refractivity contribution >= 4 is 79.8 Å². The van der Waals surface area contributed by atoms with Crippen LogP contribution in [0, 0.1) is 0 Å². The van der Waals surface area contributed by atoms with Gasteiger partial charge in [-0.3, -0.25) is 33.6 Å². The lowest BCUT2D eigenvalue weighted by Gasteiger charge is -2.29. The van der Waals surface area contributed by atoms with Gasteiger partial charge in [0, 0.05) is 41.4 Å². The predicted octanol–water partition coefficient (Wildman–Crippen LogP) is -0.713. The van der Waals surface area contributed by atoms with E-state index in [9.17, 15) is 53.7 Å². The average molecular weight is 1030 g/mol. The molecule has 0 saturated carbocycles. The number of nitrogens with one attached hydrogen (secondary N) is 8. The fourth-order valence-electron chi connectivity index (χ4n) is 7.77. The standard InChI is InChI=1S/C49H64N10O11S2/c1-27(60)40-48(68)57-39(47(67)59-41(28(2)61)49(69)70)26-72-71-25-38(56-42(62)33(51)21-29-13-5-3-6-14-29)46(66)54-36(22-30-15-7-4-8-16-30)44(64)55-37(23-31-24-52-34-18-10-9-17-32(31)34)45(65)53-35(43(63)58-40)19-11-12-20-50/h3-10,13-18,24,27-28,33,35-41,52,60-61H,11-12,19-23,25-26,50-51H2,1-2H3,(H,53,65)(H,54,66)(H,55,64)(H,56,62)(H,57,68)(H,58,63)(H,59,67)(H,69,70)/t27-,28+,33+,35-,36-,37-,38-,39+,40+,41-/m0/s1. The summed E-state index contributed by atoms with van der Waals surface area (Å²) in [6, 6.07) is 13.3. The number of carboxylic acids is 1. The van der Waals surface area contributed by atoms with Crippen molar-refractivity contribution in [3.63, 3.8) is 0 Å². The molecule has 2 heterocycles. The fraction of sp³-hybridized carbons (Fsp3) is 0.429. The first-order chi connectivity index (χ1) is 34.4. The van der Waals surface area contributed by atoms with Crippen molar-refractivity contribution in [2.75, 3.05) is 18.1 Å². The molecule has 7 amide bonds. The summed E-state index contributed by atoms with van der Waals surface area (Å²) in [6.07, 6.45) is -0.764. The summed E-state index contributed by atoms with van der Waals surface area (Å²) in [7, 11) is 1.91. The Morgan fingerprint density at radius 2 is 1.29 bits per heavy atom. The molecule has 15 N–H and O–H groups in total. The first kappa shape index (κ1) is 56.4. The van der Waals surface area contributed by atoms with Crippen molar-refractivity contribution in [3.8, 4) is 0 Å². The quantitative estimate of drug-likeness (QED) is 0.0459. The lowest BCUT2D eigenvalue weighted by Crippen LogP contribution is -2.62. The van der Waals surface area contributed by atoms with Crippen LogP contribution in [-0.4, -0.2) is 146 Å². The zero-order valence-electron chi connectivity index (χ0n) is 39.9. The van der Waals surface area contributed by atoms with E-state index in [-0.39, 0.29) is 43.7 Å². The molecule has 1 saturated heterocycles. The second kappa shape index (κ2) is 27.9. The second-order valence-corrected chi connectivity index (χ2v) is 20.1. The maximum Gasteiger partial charge on any atom is 0.328 e. The van der Waals surface area contributed by atoms with Crippen molar-refractivity contribution < 1.29 is 53.7 Å². The van der Waals surface area contributed by atoms with Crippen LogP contribution in [0.4, 0.5) is 0 Å². The van der Waals surface area contributed by atoms with Gasteiger partial charge in [0.2, 0.25) is 41.4 Å². The number of aromatic amines is 1. The largest absolute Gasteiger partial charge is 0.480 e. The Morgan fingerprint density at radius 1 is 0.708 bits per heavy atom. The number of carbonyl (C=O) groups is 8. The molecular formula is C49H64N10O11S2. The van der Waals surface area contributed by atoms with Crippen LogP contribution in [-0.2, 0) is 57.6 Å². The lowest BCUT2D eigenvalue weighted by molar-refractivity contribution is -0.145. The lowest BCUT2D eigenvalue weighted by atomic mass is 10.0. The third-order valence-corrected chi connectivity index (χ3v) is 14.2. The number of benzene rings is 3. The van der Waals surface area contributed by atoms with Crippen LogP contribution in [0.2, 0.25) is 0 Å². The highest BCUT2D eigenvalue weighted by Crippen LogP contribution is 2.24. The molecule has 1 aliphatic heterocycles. The Balaban J connectivity index is 1.57. The topological polar surface area (TPSA) is 349 Å². The van der Waals surface area contributed by atoms with Crippen molar-refractivity contribution in [2.45, 2.75) is 113 Å².